The lowest BCUT2D eigenvalue weighted by molar-refractivity contribution is 0.247. The molecule has 0 unspecified atom stereocenters. The smallest absolute Gasteiger partial charge is 0.321 e. The van der Waals surface area contributed by atoms with Gasteiger partial charge in [-0.2, -0.15) is 0 Å². The van der Waals surface area contributed by atoms with Gasteiger partial charge in [-0.05, 0) is 34.4 Å². The zero-order valence-corrected chi connectivity index (χ0v) is 16.8. The molecule has 30 heavy (non-hydrogen) atoms. The summed E-state index contributed by atoms with van der Waals surface area (Å²) in [5, 5.41) is 2.97. The first-order chi connectivity index (χ1) is 14.7. The average Bonchev–Trinajstić information content (AvgIpc) is 2.83. The van der Waals surface area contributed by atoms with Gasteiger partial charge in [0.15, 0.2) is 0 Å². The predicted molar refractivity (Wildman–Crippen MR) is 122 cm³/mol. The minimum absolute atomic E-state index is 0.163. The highest BCUT2D eigenvalue weighted by Crippen LogP contribution is 2.37. The van der Waals surface area contributed by atoms with Crippen LogP contribution in [0.15, 0.2) is 103 Å². The molecule has 1 aromatic heterocycles. The lowest BCUT2D eigenvalue weighted by Gasteiger charge is -2.22. The first-order valence-electron chi connectivity index (χ1n) is 9.88. The summed E-state index contributed by atoms with van der Waals surface area (Å²) in [6.07, 6.45) is 3.47. The summed E-state index contributed by atoms with van der Waals surface area (Å²) in [5.74, 6) is 0. The number of amides is 2. The van der Waals surface area contributed by atoms with Crippen LogP contribution < -0.4 is 10.2 Å². The van der Waals surface area contributed by atoms with E-state index in [1.54, 1.807) is 24.3 Å². The van der Waals surface area contributed by atoms with E-state index in [-0.39, 0.29) is 6.03 Å². The number of rotatable bonds is 5. The molecule has 3 aromatic carbocycles. The number of nitrogens with one attached hydrogen (secondary N) is 1. The van der Waals surface area contributed by atoms with Crippen molar-refractivity contribution in [3.8, 4) is 22.3 Å². The molecule has 0 atom stereocenters. The molecule has 1 N–H and O–H groups in total. The van der Waals surface area contributed by atoms with E-state index in [1.807, 2.05) is 60.7 Å². The standard InChI is InChI=1S/C26H23N3O/c1-29(26(30)28-19-20-10-9-17-27-18-20)25-16-8-7-15-24(25)23-14-6-5-13-22(23)21-11-3-2-4-12-21/h2-18H,19H2,1H3,(H,28,30). The van der Waals surface area contributed by atoms with Gasteiger partial charge in [0, 0.05) is 31.5 Å². The fourth-order valence-electron chi connectivity index (χ4n) is 3.49. The number of anilines is 1. The van der Waals surface area contributed by atoms with E-state index in [9.17, 15) is 4.79 Å². The first-order valence-corrected chi connectivity index (χ1v) is 9.88. The van der Waals surface area contributed by atoms with Gasteiger partial charge in [-0.25, -0.2) is 4.79 Å². The third kappa shape index (κ3) is 4.23. The third-order valence-corrected chi connectivity index (χ3v) is 5.04. The lowest BCUT2D eigenvalue weighted by atomic mass is 9.93. The molecule has 2 amide bonds. The quantitative estimate of drug-likeness (QED) is 0.468. The van der Waals surface area contributed by atoms with Crippen molar-refractivity contribution < 1.29 is 4.79 Å². The molecule has 4 heteroatoms. The van der Waals surface area contributed by atoms with Gasteiger partial charge in [0.25, 0.3) is 0 Å². The predicted octanol–water partition coefficient (Wildman–Crippen LogP) is 5.76. The van der Waals surface area contributed by atoms with Crippen LogP contribution in [0.4, 0.5) is 10.5 Å². The number of carbonyl (C=O) groups is 1. The summed E-state index contributed by atoms with van der Waals surface area (Å²) in [6.45, 7) is 0.430. The number of aromatic nitrogens is 1. The van der Waals surface area contributed by atoms with Gasteiger partial charge in [0.05, 0.1) is 5.69 Å². The van der Waals surface area contributed by atoms with Gasteiger partial charge in [0.1, 0.15) is 0 Å². The number of benzene rings is 3. The second kappa shape index (κ2) is 9.05. The highest BCUT2D eigenvalue weighted by Gasteiger charge is 2.17. The first kappa shape index (κ1) is 19.4. The van der Waals surface area contributed by atoms with Crippen LogP contribution in [0.25, 0.3) is 22.3 Å². The molecule has 0 bridgehead atoms. The number of pyridine rings is 1. The van der Waals surface area contributed by atoms with Gasteiger partial charge in [-0.1, -0.05) is 78.9 Å². The minimum atomic E-state index is -0.163. The summed E-state index contributed by atoms with van der Waals surface area (Å²) in [6, 6.07) is 30.2. The Morgan fingerprint density at radius 1 is 0.800 bits per heavy atom. The molecule has 0 spiro atoms. The van der Waals surface area contributed by atoms with E-state index in [2.05, 4.69) is 40.6 Å². The van der Waals surface area contributed by atoms with E-state index < -0.39 is 0 Å². The summed E-state index contributed by atoms with van der Waals surface area (Å²) in [4.78, 5) is 18.6. The maximum Gasteiger partial charge on any atom is 0.321 e. The van der Waals surface area contributed by atoms with Crippen molar-refractivity contribution in [3.63, 3.8) is 0 Å². The molecule has 0 aliphatic heterocycles. The van der Waals surface area contributed by atoms with E-state index in [0.29, 0.717) is 6.54 Å². The Morgan fingerprint density at radius 3 is 2.20 bits per heavy atom. The number of nitrogens with zero attached hydrogens (tertiary/aromatic N) is 2. The van der Waals surface area contributed by atoms with Crippen LogP contribution in [0, 0.1) is 0 Å². The molecular formula is C26H23N3O. The van der Waals surface area contributed by atoms with Crippen LogP contribution in [0.2, 0.25) is 0 Å². The second-order valence-electron chi connectivity index (χ2n) is 7.01. The highest BCUT2D eigenvalue weighted by molar-refractivity contribution is 5.98. The Kier molecular flexibility index (Phi) is 5.85. The summed E-state index contributed by atoms with van der Waals surface area (Å²) in [5.41, 5.74) is 6.19. The van der Waals surface area contributed by atoms with Crippen LogP contribution in [-0.2, 0) is 6.54 Å². The molecular weight excluding hydrogens is 370 g/mol. The van der Waals surface area contributed by atoms with Gasteiger partial charge in [0.2, 0.25) is 0 Å². The molecule has 0 aliphatic carbocycles. The van der Waals surface area contributed by atoms with Crippen LogP contribution >= 0.6 is 0 Å². The van der Waals surface area contributed by atoms with Crippen LogP contribution in [0.1, 0.15) is 5.56 Å². The van der Waals surface area contributed by atoms with Crippen molar-refractivity contribution in [3.05, 3.63) is 109 Å². The summed E-state index contributed by atoms with van der Waals surface area (Å²) >= 11 is 0. The Hall–Kier alpha value is -3.92. The molecule has 4 aromatic rings. The Balaban J connectivity index is 1.64. The number of urea groups is 1. The van der Waals surface area contributed by atoms with E-state index in [0.717, 1.165) is 33.5 Å². The Labute approximate surface area is 176 Å². The molecule has 148 valence electrons. The fourth-order valence-corrected chi connectivity index (χ4v) is 3.49. The van der Waals surface area contributed by atoms with Crippen molar-refractivity contribution in [1.29, 1.82) is 0 Å². The van der Waals surface area contributed by atoms with Crippen molar-refractivity contribution >= 4 is 11.7 Å². The molecule has 1 heterocycles. The Bertz CT molecular complexity index is 1130. The van der Waals surface area contributed by atoms with Crippen LogP contribution in [0.5, 0.6) is 0 Å². The molecule has 0 saturated heterocycles. The van der Waals surface area contributed by atoms with E-state index in [4.69, 9.17) is 0 Å². The third-order valence-electron chi connectivity index (χ3n) is 5.04. The minimum Gasteiger partial charge on any atom is -0.334 e. The van der Waals surface area contributed by atoms with Crippen LogP contribution in [0.3, 0.4) is 0 Å². The zero-order valence-electron chi connectivity index (χ0n) is 16.8. The maximum absolute atomic E-state index is 12.8. The van der Waals surface area contributed by atoms with Crippen molar-refractivity contribution in [2.75, 3.05) is 11.9 Å². The SMILES string of the molecule is CN(C(=O)NCc1cccnc1)c1ccccc1-c1ccccc1-c1ccccc1. The van der Waals surface area contributed by atoms with E-state index in [1.165, 1.54) is 0 Å². The van der Waals surface area contributed by atoms with Gasteiger partial charge >= 0.3 is 6.03 Å². The number of carbonyl (C=O) groups excluding carboxylic acids is 1. The monoisotopic (exact) mass is 393 g/mol. The maximum atomic E-state index is 12.8. The summed E-state index contributed by atoms with van der Waals surface area (Å²) in [7, 11) is 1.79. The van der Waals surface area contributed by atoms with Gasteiger partial charge in [-0.15, -0.1) is 0 Å². The topological polar surface area (TPSA) is 45.2 Å². The van der Waals surface area contributed by atoms with Crippen molar-refractivity contribution in [2.45, 2.75) is 6.54 Å². The number of para-hydroxylation sites is 1. The fraction of sp³-hybridized carbons (Fsp3) is 0.0769. The molecule has 0 saturated carbocycles. The second-order valence-corrected chi connectivity index (χ2v) is 7.01. The lowest BCUT2D eigenvalue weighted by Crippen LogP contribution is -2.37. The van der Waals surface area contributed by atoms with Crippen molar-refractivity contribution in [2.24, 2.45) is 0 Å². The number of hydrogen-bond donors (Lipinski definition) is 1. The molecule has 4 rings (SSSR count). The van der Waals surface area contributed by atoms with Crippen LogP contribution in [-0.4, -0.2) is 18.1 Å². The number of hydrogen-bond acceptors (Lipinski definition) is 2. The molecule has 0 aliphatic rings. The molecule has 0 fully saturated rings. The normalized spacial score (nSPS) is 10.4. The molecule has 0 radical (unpaired) electrons. The molecule has 4 nitrogen and oxygen atoms in total. The zero-order chi connectivity index (χ0) is 20.8. The highest BCUT2D eigenvalue weighted by atomic mass is 16.2. The Morgan fingerprint density at radius 2 is 1.47 bits per heavy atom. The van der Waals surface area contributed by atoms with E-state index >= 15 is 0 Å². The average molecular weight is 393 g/mol. The summed E-state index contributed by atoms with van der Waals surface area (Å²) < 4.78 is 0. The van der Waals surface area contributed by atoms with Crippen molar-refractivity contribution in [1.82, 2.24) is 10.3 Å². The largest absolute Gasteiger partial charge is 0.334 e. The van der Waals surface area contributed by atoms with Gasteiger partial charge < -0.3 is 5.32 Å². The van der Waals surface area contributed by atoms with Gasteiger partial charge in [-0.3, -0.25) is 9.88 Å².